The van der Waals surface area contributed by atoms with Crippen LogP contribution in [0.3, 0.4) is 0 Å². The van der Waals surface area contributed by atoms with Crippen molar-refractivity contribution >= 4 is 29.6 Å². The van der Waals surface area contributed by atoms with Crippen molar-refractivity contribution in [3.63, 3.8) is 0 Å². The number of nitrogens with two attached hydrogens (primary N) is 1. The van der Waals surface area contributed by atoms with Gasteiger partial charge in [-0.1, -0.05) is 12.1 Å². The second kappa shape index (κ2) is 18.3. The third-order valence-electron chi connectivity index (χ3n) is 6.67. The first kappa shape index (κ1) is 39.3. The van der Waals surface area contributed by atoms with Crippen LogP contribution in [-0.4, -0.2) is 155 Å². The summed E-state index contributed by atoms with van der Waals surface area (Å²) in [4.78, 5) is 49.1. The number of benzene rings is 1. The minimum Gasteiger partial charge on any atom is -0.480 e. The Bertz CT molecular complexity index is 1030. The molecular formula is C26H37F6N5O8. The summed E-state index contributed by atoms with van der Waals surface area (Å²) >= 11 is 0. The van der Waals surface area contributed by atoms with Gasteiger partial charge in [-0.15, -0.1) is 0 Å². The van der Waals surface area contributed by atoms with Crippen LogP contribution in [0, 0.1) is 5.92 Å². The molecule has 2 fully saturated rings. The number of aliphatic carboxylic acids is 4. The number of alkyl halides is 6. The van der Waals surface area contributed by atoms with Crippen molar-refractivity contribution in [2.45, 2.75) is 18.8 Å². The van der Waals surface area contributed by atoms with Crippen LogP contribution in [0.25, 0.3) is 0 Å². The Morgan fingerprint density at radius 3 is 1.22 bits per heavy atom. The standard InChI is InChI=1S/C22H35N5O4.2C2HF3O2/c23-20-3-1-18(2-4-20)13-19-14-24-5-9-26(16-21(28)29)11-7-25(15-19)8-12-27(10-6-24)17-22(30)31;2*3-2(4,5)1(6)7/h1-4,19H,5-17,23H2,(H,28,29)(H,30,31);2*(H,6,7). The molecule has 256 valence electrons. The predicted molar refractivity (Wildman–Crippen MR) is 146 cm³/mol. The van der Waals surface area contributed by atoms with E-state index in [4.69, 9.17) is 25.5 Å². The molecule has 2 aliphatic rings. The highest BCUT2D eigenvalue weighted by atomic mass is 19.4. The van der Waals surface area contributed by atoms with Crippen molar-refractivity contribution in [1.82, 2.24) is 19.6 Å². The molecule has 6 N–H and O–H groups in total. The fourth-order valence-electron chi connectivity index (χ4n) is 4.55. The summed E-state index contributed by atoms with van der Waals surface area (Å²) in [6, 6.07) is 8.08. The molecule has 1 aromatic rings. The van der Waals surface area contributed by atoms with Gasteiger partial charge in [0.1, 0.15) is 0 Å². The summed E-state index contributed by atoms with van der Waals surface area (Å²) in [6.45, 7) is 7.87. The third kappa shape index (κ3) is 17.4. The highest BCUT2D eigenvalue weighted by Crippen LogP contribution is 2.17. The third-order valence-corrected chi connectivity index (χ3v) is 6.67. The molecule has 0 atom stereocenters. The van der Waals surface area contributed by atoms with Crippen LogP contribution in [0.5, 0.6) is 0 Å². The lowest BCUT2D eigenvalue weighted by molar-refractivity contribution is -0.193. The zero-order chi connectivity index (χ0) is 34.4. The van der Waals surface area contributed by atoms with Crippen molar-refractivity contribution in [1.29, 1.82) is 0 Å². The monoisotopic (exact) mass is 661 g/mol. The summed E-state index contributed by atoms with van der Waals surface area (Å²) in [5.74, 6) is -6.66. The molecule has 0 saturated carbocycles. The van der Waals surface area contributed by atoms with Gasteiger partial charge in [-0.25, -0.2) is 9.59 Å². The fraction of sp³-hybridized carbons (Fsp3) is 0.615. The lowest BCUT2D eigenvalue weighted by Gasteiger charge is -2.39. The molecule has 0 aliphatic carbocycles. The predicted octanol–water partition coefficient (Wildman–Crippen LogP) is 1.10. The van der Waals surface area contributed by atoms with E-state index < -0.39 is 36.2 Å². The van der Waals surface area contributed by atoms with Crippen LogP contribution in [-0.2, 0) is 25.6 Å². The van der Waals surface area contributed by atoms with E-state index in [1.165, 1.54) is 5.56 Å². The van der Waals surface area contributed by atoms with Crippen molar-refractivity contribution in [2.24, 2.45) is 5.92 Å². The molecular weight excluding hydrogens is 624 g/mol. The first-order valence-corrected chi connectivity index (χ1v) is 13.5. The van der Waals surface area contributed by atoms with Crippen molar-refractivity contribution in [3.05, 3.63) is 29.8 Å². The molecule has 0 spiro atoms. The zero-order valence-electron chi connectivity index (χ0n) is 24.1. The summed E-state index contributed by atoms with van der Waals surface area (Å²) < 4.78 is 63.5. The van der Waals surface area contributed by atoms with Crippen LogP contribution in [0.1, 0.15) is 5.56 Å². The first-order chi connectivity index (χ1) is 20.8. The number of carbonyl (C=O) groups is 4. The first-order valence-electron chi connectivity index (χ1n) is 13.5. The zero-order valence-corrected chi connectivity index (χ0v) is 24.1. The molecule has 2 saturated heterocycles. The van der Waals surface area contributed by atoms with E-state index in [0.29, 0.717) is 32.1 Å². The van der Waals surface area contributed by atoms with Crippen LogP contribution in [0.2, 0.25) is 0 Å². The van der Waals surface area contributed by atoms with Gasteiger partial charge in [0.15, 0.2) is 0 Å². The van der Waals surface area contributed by atoms with Crippen molar-refractivity contribution < 1.29 is 65.9 Å². The minimum atomic E-state index is -5.08. The second-order valence-electron chi connectivity index (χ2n) is 10.4. The van der Waals surface area contributed by atoms with Crippen LogP contribution < -0.4 is 5.73 Å². The van der Waals surface area contributed by atoms with E-state index in [9.17, 15) is 46.1 Å². The Morgan fingerprint density at radius 1 is 0.644 bits per heavy atom. The quantitative estimate of drug-likeness (QED) is 0.216. The van der Waals surface area contributed by atoms with Gasteiger partial charge >= 0.3 is 36.2 Å². The molecule has 45 heavy (non-hydrogen) atoms. The number of anilines is 1. The maximum absolute atomic E-state index is 11.3. The van der Waals surface area contributed by atoms with E-state index >= 15 is 0 Å². The topological polar surface area (TPSA) is 188 Å². The number of carboxylic acids is 4. The molecule has 2 aliphatic heterocycles. The Kier molecular flexibility index (Phi) is 16.0. The molecule has 19 heteroatoms. The number of nitrogens with zero attached hydrogens (tertiary/aromatic N) is 4. The van der Waals surface area contributed by atoms with E-state index in [1.54, 1.807) is 0 Å². The molecule has 0 radical (unpaired) electrons. The number of nitrogen functional groups attached to an aromatic ring is 1. The number of halogens is 6. The Balaban J connectivity index is 0.000000601. The smallest absolute Gasteiger partial charge is 0.480 e. The average Bonchev–Trinajstić information content (AvgIpc) is 2.90. The SMILES string of the molecule is Nc1ccc(CC2CN3CCN(CC(=O)O)CCN(CCN(CC(=O)O)CC3)C2)cc1.O=C(O)C(F)(F)F.O=C(O)C(F)(F)F. The lowest BCUT2D eigenvalue weighted by Crippen LogP contribution is -2.52. The number of rotatable bonds is 6. The maximum Gasteiger partial charge on any atom is 0.490 e. The van der Waals surface area contributed by atoms with Gasteiger partial charge in [0.25, 0.3) is 0 Å². The van der Waals surface area contributed by atoms with Crippen LogP contribution >= 0.6 is 0 Å². The Hall–Kier alpha value is -3.68. The molecule has 2 heterocycles. The second-order valence-corrected chi connectivity index (χ2v) is 10.4. The molecule has 0 aromatic heterocycles. The van der Waals surface area contributed by atoms with E-state index in [2.05, 4.69) is 21.9 Å². The maximum atomic E-state index is 11.3. The van der Waals surface area contributed by atoms with Gasteiger partial charge in [0.2, 0.25) is 0 Å². The summed E-state index contributed by atoms with van der Waals surface area (Å²) in [5.41, 5.74) is 7.88. The molecule has 0 amide bonds. The van der Waals surface area contributed by atoms with Crippen LogP contribution in [0.4, 0.5) is 32.0 Å². The summed E-state index contributed by atoms with van der Waals surface area (Å²) in [5, 5.41) is 32.8. The fourth-order valence-corrected chi connectivity index (χ4v) is 4.55. The van der Waals surface area contributed by atoms with E-state index in [1.807, 2.05) is 21.9 Å². The van der Waals surface area contributed by atoms with Gasteiger partial charge < -0.3 is 36.0 Å². The van der Waals surface area contributed by atoms with E-state index in [-0.39, 0.29) is 13.1 Å². The Morgan fingerprint density at radius 2 is 0.956 bits per heavy atom. The van der Waals surface area contributed by atoms with Gasteiger partial charge in [-0.2, -0.15) is 26.3 Å². The summed E-state index contributed by atoms with van der Waals surface area (Å²) in [7, 11) is 0. The number of carboxylic acid groups (broad SMARTS) is 4. The van der Waals surface area contributed by atoms with Gasteiger partial charge in [-0.3, -0.25) is 19.4 Å². The average molecular weight is 662 g/mol. The van der Waals surface area contributed by atoms with Crippen molar-refractivity contribution in [2.75, 3.05) is 84.3 Å². The minimum absolute atomic E-state index is 0.0572. The number of fused-ring (bicyclic) bond motifs is 4. The summed E-state index contributed by atoms with van der Waals surface area (Å²) in [6.07, 6.45) is -9.20. The highest BCUT2D eigenvalue weighted by Gasteiger charge is 2.39. The molecule has 3 rings (SSSR count). The number of hydrogen-bond donors (Lipinski definition) is 5. The van der Waals surface area contributed by atoms with Crippen LogP contribution in [0.15, 0.2) is 24.3 Å². The highest BCUT2D eigenvalue weighted by molar-refractivity contribution is 5.73. The Labute approximate surface area is 254 Å². The van der Waals surface area contributed by atoms with Gasteiger partial charge in [0, 0.05) is 71.1 Å². The molecule has 0 unspecified atom stereocenters. The lowest BCUT2D eigenvalue weighted by atomic mass is 9.97. The number of hydrogen-bond acceptors (Lipinski definition) is 9. The largest absolute Gasteiger partial charge is 0.490 e. The van der Waals surface area contributed by atoms with Crippen molar-refractivity contribution in [3.8, 4) is 0 Å². The molecule has 1 aromatic carbocycles. The van der Waals surface area contributed by atoms with Gasteiger partial charge in [-0.05, 0) is 30.0 Å². The molecule has 13 nitrogen and oxygen atoms in total. The van der Waals surface area contributed by atoms with E-state index in [0.717, 1.165) is 51.4 Å². The molecule has 2 bridgehead atoms. The van der Waals surface area contributed by atoms with Gasteiger partial charge in [0.05, 0.1) is 13.1 Å². The normalized spacial score (nSPS) is 21.8.